The molecule has 3 unspecified atom stereocenters. The normalized spacial score (nSPS) is 25.8. The zero-order valence-corrected chi connectivity index (χ0v) is 12.1. The van der Waals surface area contributed by atoms with Crippen molar-refractivity contribution in [3.63, 3.8) is 0 Å². The van der Waals surface area contributed by atoms with Crippen molar-refractivity contribution >= 4 is 0 Å². The highest BCUT2D eigenvalue weighted by molar-refractivity contribution is 4.81. The van der Waals surface area contributed by atoms with Crippen LogP contribution in [0, 0.1) is 5.92 Å². The lowest BCUT2D eigenvalue weighted by Crippen LogP contribution is -2.45. The summed E-state index contributed by atoms with van der Waals surface area (Å²) in [5.74, 6) is 0.724. The number of rotatable bonds is 7. The maximum Gasteiger partial charge on any atom is 0.00670 e. The molecule has 0 radical (unpaired) electrons. The molecule has 1 heterocycles. The van der Waals surface area contributed by atoms with Gasteiger partial charge in [0.2, 0.25) is 0 Å². The van der Waals surface area contributed by atoms with E-state index in [0.29, 0.717) is 6.04 Å². The van der Waals surface area contributed by atoms with Crippen LogP contribution in [0.3, 0.4) is 0 Å². The fourth-order valence-electron chi connectivity index (χ4n) is 2.92. The largest absolute Gasteiger partial charge is 0.328 e. The maximum atomic E-state index is 6.04. The van der Waals surface area contributed by atoms with E-state index in [4.69, 9.17) is 5.73 Å². The first-order valence-electron chi connectivity index (χ1n) is 7.64. The van der Waals surface area contributed by atoms with Gasteiger partial charge in [-0.3, -0.25) is 0 Å². The third kappa shape index (κ3) is 5.39. The minimum absolute atomic E-state index is 0.366. The van der Waals surface area contributed by atoms with Crippen molar-refractivity contribution < 1.29 is 0 Å². The third-order valence-electron chi connectivity index (χ3n) is 4.33. The van der Waals surface area contributed by atoms with Crippen molar-refractivity contribution in [2.24, 2.45) is 11.7 Å². The molecule has 2 N–H and O–H groups in total. The number of piperidine rings is 1. The van der Waals surface area contributed by atoms with E-state index >= 15 is 0 Å². The Balaban J connectivity index is 2.23. The van der Waals surface area contributed by atoms with Crippen LogP contribution >= 0.6 is 0 Å². The van der Waals surface area contributed by atoms with E-state index in [1.165, 1.54) is 58.0 Å². The summed E-state index contributed by atoms with van der Waals surface area (Å²) < 4.78 is 0. The zero-order valence-electron chi connectivity index (χ0n) is 12.1. The fourth-order valence-corrected chi connectivity index (χ4v) is 2.92. The molecule has 17 heavy (non-hydrogen) atoms. The molecule has 1 aliphatic heterocycles. The standard InChI is InChI=1S/C15H32N2/c1-4-5-6-7-9-13(2)17-11-8-10-15(12-17)14(3)16/h13-15H,4-12,16H2,1-3H3. The summed E-state index contributed by atoms with van der Waals surface area (Å²) in [5, 5.41) is 0. The molecular formula is C15H32N2. The summed E-state index contributed by atoms with van der Waals surface area (Å²) >= 11 is 0. The van der Waals surface area contributed by atoms with Crippen LogP contribution in [0.2, 0.25) is 0 Å². The van der Waals surface area contributed by atoms with Gasteiger partial charge in [-0.25, -0.2) is 0 Å². The van der Waals surface area contributed by atoms with Gasteiger partial charge < -0.3 is 10.6 Å². The number of hydrogen-bond donors (Lipinski definition) is 1. The van der Waals surface area contributed by atoms with Gasteiger partial charge in [0.15, 0.2) is 0 Å². The van der Waals surface area contributed by atoms with Gasteiger partial charge in [0.25, 0.3) is 0 Å². The van der Waals surface area contributed by atoms with Crippen molar-refractivity contribution in [3.8, 4) is 0 Å². The van der Waals surface area contributed by atoms with Crippen LogP contribution in [0.25, 0.3) is 0 Å². The fraction of sp³-hybridized carbons (Fsp3) is 1.00. The van der Waals surface area contributed by atoms with E-state index in [9.17, 15) is 0 Å². The molecule has 2 nitrogen and oxygen atoms in total. The Hall–Kier alpha value is -0.0800. The Morgan fingerprint density at radius 2 is 2.00 bits per heavy atom. The molecule has 0 bridgehead atoms. The first kappa shape index (κ1) is 15.0. The highest BCUT2D eigenvalue weighted by Gasteiger charge is 2.25. The number of likely N-dealkylation sites (tertiary alicyclic amines) is 1. The highest BCUT2D eigenvalue weighted by atomic mass is 15.2. The number of nitrogens with zero attached hydrogens (tertiary/aromatic N) is 1. The Kier molecular flexibility index (Phi) is 7.14. The Morgan fingerprint density at radius 3 is 2.65 bits per heavy atom. The first-order valence-corrected chi connectivity index (χ1v) is 7.64. The minimum Gasteiger partial charge on any atom is -0.328 e. The molecule has 0 aliphatic carbocycles. The molecule has 3 atom stereocenters. The second kappa shape index (κ2) is 8.10. The average Bonchev–Trinajstić information content (AvgIpc) is 2.34. The Bertz CT molecular complexity index is 191. The monoisotopic (exact) mass is 240 g/mol. The first-order chi connectivity index (χ1) is 8.15. The lowest BCUT2D eigenvalue weighted by Gasteiger charge is -2.38. The summed E-state index contributed by atoms with van der Waals surface area (Å²) in [7, 11) is 0. The lowest BCUT2D eigenvalue weighted by molar-refractivity contribution is 0.115. The molecule has 0 aromatic carbocycles. The summed E-state index contributed by atoms with van der Waals surface area (Å²) in [6, 6.07) is 1.12. The third-order valence-corrected chi connectivity index (χ3v) is 4.33. The molecule has 1 rings (SSSR count). The van der Waals surface area contributed by atoms with Gasteiger partial charge in [-0.05, 0) is 45.6 Å². The van der Waals surface area contributed by atoms with Crippen LogP contribution < -0.4 is 5.73 Å². The van der Waals surface area contributed by atoms with E-state index in [2.05, 4.69) is 25.7 Å². The summed E-state index contributed by atoms with van der Waals surface area (Å²) in [6.45, 7) is 9.36. The molecule has 1 fully saturated rings. The molecule has 0 saturated carbocycles. The van der Waals surface area contributed by atoms with Gasteiger partial charge in [-0.2, -0.15) is 0 Å². The predicted octanol–water partition coefficient (Wildman–Crippen LogP) is 3.40. The van der Waals surface area contributed by atoms with Crippen molar-refractivity contribution in [3.05, 3.63) is 0 Å². The van der Waals surface area contributed by atoms with Gasteiger partial charge in [0.1, 0.15) is 0 Å². The van der Waals surface area contributed by atoms with Crippen LogP contribution in [-0.4, -0.2) is 30.1 Å². The maximum absolute atomic E-state index is 6.04. The van der Waals surface area contributed by atoms with Crippen LogP contribution in [0.15, 0.2) is 0 Å². The van der Waals surface area contributed by atoms with Crippen LogP contribution in [0.1, 0.15) is 65.7 Å². The predicted molar refractivity (Wildman–Crippen MR) is 76.2 cm³/mol. The molecule has 2 heteroatoms. The van der Waals surface area contributed by atoms with E-state index in [1.54, 1.807) is 0 Å². The van der Waals surface area contributed by atoms with E-state index < -0.39 is 0 Å². The van der Waals surface area contributed by atoms with Crippen LogP contribution in [0.4, 0.5) is 0 Å². The lowest BCUT2D eigenvalue weighted by atomic mass is 9.91. The molecular weight excluding hydrogens is 208 g/mol. The molecule has 102 valence electrons. The molecule has 0 aromatic heterocycles. The molecule has 0 aromatic rings. The molecule has 0 amide bonds. The zero-order chi connectivity index (χ0) is 12.7. The summed E-state index contributed by atoms with van der Waals surface area (Å²) in [4.78, 5) is 2.67. The second-order valence-electron chi connectivity index (χ2n) is 5.95. The quantitative estimate of drug-likeness (QED) is 0.691. The summed E-state index contributed by atoms with van der Waals surface area (Å²) in [5.41, 5.74) is 6.04. The topological polar surface area (TPSA) is 29.3 Å². The molecule has 1 saturated heterocycles. The number of unbranched alkanes of at least 4 members (excludes halogenated alkanes) is 3. The van der Waals surface area contributed by atoms with Crippen molar-refractivity contribution in [1.29, 1.82) is 0 Å². The van der Waals surface area contributed by atoms with Crippen molar-refractivity contribution in [2.75, 3.05) is 13.1 Å². The van der Waals surface area contributed by atoms with Crippen LogP contribution in [-0.2, 0) is 0 Å². The number of hydrogen-bond acceptors (Lipinski definition) is 2. The number of nitrogens with two attached hydrogens (primary N) is 1. The van der Waals surface area contributed by atoms with E-state index in [0.717, 1.165) is 12.0 Å². The molecule has 0 spiro atoms. The second-order valence-corrected chi connectivity index (χ2v) is 5.95. The molecule has 1 aliphatic rings. The van der Waals surface area contributed by atoms with Gasteiger partial charge >= 0.3 is 0 Å². The Morgan fingerprint density at radius 1 is 1.24 bits per heavy atom. The summed E-state index contributed by atoms with van der Waals surface area (Å²) in [6.07, 6.45) is 9.58. The van der Waals surface area contributed by atoms with E-state index in [1.807, 2.05) is 0 Å². The highest BCUT2D eigenvalue weighted by Crippen LogP contribution is 2.22. The smallest absolute Gasteiger partial charge is 0.00670 e. The van der Waals surface area contributed by atoms with Gasteiger partial charge in [-0.15, -0.1) is 0 Å². The minimum atomic E-state index is 0.366. The van der Waals surface area contributed by atoms with Gasteiger partial charge in [0.05, 0.1) is 0 Å². The van der Waals surface area contributed by atoms with Crippen LogP contribution in [0.5, 0.6) is 0 Å². The average molecular weight is 240 g/mol. The van der Waals surface area contributed by atoms with Crippen molar-refractivity contribution in [2.45, 2.75) is 77.8 Å². The SMILES string of the molecule is CCCCCCC(C)N1CCCC(C(C)N)C1. The van der Waals surface area contributed by atoms with Crippen molar-refractivity contribution in [1.82, 2.24) is 4.90 Å². The Labute approximate surface area is 108 Å². The van der Waals surface area contributed by atoms with Gasteiger partial charge in [-0.1, -0.05) is 32.6 Å². The van der Waals surface area contributed by atoms with E-state index in [-0.39, 0.29) is 0 Å². The van der Waals surface area contributed by atoms with Gasteiger partial charge in [0, 0.05) is 18.6 Å².